The molecule has 0 saturated carbocycles. The summed E-state index contributed by atoms with van der Waals surface area (Å²) in [6, 6.07) is 8.01. The molecule has 0 aliphatic rings. The molecule has 100 valence electrons. The Morgan fingerprint density at radius 2 is 2.11 bits per heavy atom. The molecule has 0 aliphatic heterocycles. The van der Waals surface area contributed by atoms with Crippen molar-refractivity contribution < 1.29 is 14.3 Å². The first-order valence-corrected chi connectivity index (χ1v) is 7.11. The summed E-state index contributed by atoms with van der Waals surface area (Å²) in [6.45, 7) is 4.67. The molecule has 0 amide bonds. The average Bonchev–Trinajstić information content (AvgIpc) is 2.38. The first-order chi connectivity index (χ1) is 8.67. The van der Waals surface area contributed by atoms with E-state index in [1.807, 2.05) is 32.0 Å². The number of hydrogen-bond donors (Lipinski definition) is 0. The molecule has 1 aromatic carbocycles. The maximum atomic E-state index is 11.1. The Bertz CT molecular complexity index is 379. The Kier molecular flexibility index (Phi) is 6.65. The highest BCUT2D eigenvalue weighted by atomic mass is 32.2. The lowest BCUT2D eigenvalue weighted by Gasteiger charge is -2.12. The largest absolute Gasteiger partial charge is 0.494 e. The summed E-state index contributed by atoms with van der Waals surface area (Å²) in [5.74, 6) is 1.61. The molecule has 4 heteroatoms. The second-order valence-corrected chi connectivity index (χ2v) is 5.37. The summed E-state index contributed by atoms with van der Waals surface area (Å²) in [5.41, 5.74) is 1.17. The van der Waals surface area contributed by atoms with E-state index in [9.17, 15) is 4.79 Å². The molecule has 3 nitrogen and oxygen atoms in total. The number of thioether (sulfide) groups is 1. The van der Waals surface area contributed by atoms with E-state index < -0.39 is 0 Å². The fourth-order valence-electron chi connectivity index (χ4n) is 1.53. The molecule has 1 unspecified atom stereocenters. The molecule has 1 rings (SSSR count). The van der Waals surface area contributed by atoms with Gasteiger partial charge in [-0.3, -0.25) is 4.79 Å². The minimum absolute atomic E-state index is 0.159. The van der Waals surface area contributed by atoms with Gasteiger partial charge in [-0.15, -0.1) is 0 Å². The van der Waals surface area contributed by atoms with Gasteiger partial charge >= 0.3 is 5.97 Å². The van der Waals surface area contributed by atoms with E-state index in [2.05, 4.69) is 10.8 Å². The number of carbonyl (C=O) groups is 1. The van der Waals surface area contributed by atoms with Gasteiger partial charge in [-0.05, 0) is 13.0 Å². The number of ether oxygens (including phenoxy) is 2. The van der Waals surface area contributed by atoms with Crippen LogP contribution in [-0.4, -0.2) is 24.9 Å². The molecule has 0 aliphatic carbocycles. The summed E-state index contributed by atoms with van der Waals surface area (Å²) in [5, 5.41) is 0.243. The molecule has 1 atom stereocenters. The third kappa shape index (κ3) is 5.00. The summed E-state index contributed by atoms with van der Waals surface area (Å²) in [7, 11) is 1.42. The van der Waals surface area contributed by atoms with Crippen molar-refractivity contribution in [1.29, 1.82) is 0 Å². The Morgan fingerprint density at radius 1 is 1.39 bits per heavy atom. The predicted molar refractivity (Wildman–Crippen MR) is 75.0 cm³/mol. The Labute approximate surface area is 113 Å². The van der Waals surface area contributed by atoms with Gasteiger partial charge in [-0.25, -0.2) is 0 Å². The molecule has 0 saturated heterocycles. The van der Waals surface area contributed by atoms with Gasteiger partial charge in [0.05, 0.1) is 20.1 Å². The minimum Gasteiger partial charge on any atom is -0.494 e. The zero-order valence-electron chi connectivity index (χ0n) is 11.1. The van der Waals surface area contributed by atoms with Crippen molar-refractivity contribution in [1.82, 2.24) is 0 Å². The minimum atomic E-state index is -0.159. The SMILES string of the molecule is CCOc1ccccc1CSC(C)CC(=O)OC. The highest BCUT2D eigenvalue weighted by Gasteiger charge is 2.11. The monoisotopic (exact) mass is 268 g/mol. The maximum Gasteiger partial charge on any atom is 0.306 e. The fourth-order valence-corrected chi connectivity index (χ4v) is 2.48. The van der Waals surface area contributed by atoms with E-state index >= 15 is 0 Å². The van der Waals surface area contributed by atoms with E-state index in [-0.39, 0.29) is 11.2 Å². The first kappa shape index (κ1) is 14.9. The molecule has 0 heterocycles. The lowest BCUT2D eigenvalue weighted by molar-refractivity contribution is -0.140. The normalized spacial score (nSPS) is 11.9. The molecular weight excluding hydrogens is 248 g/mol. The third-order valence-electron chi connectivity index (χ3n) is 2.48. The quantitative estimate of drug-likeness (QED) is 0.711. The maximum absolute atomic E-state index is 11.1. The van der Waals surface area contributed by atoms with Crippen molar-refractivity contribution in [3.63, 3.8) is 0 Å². The van der Waals surface area contributed by atoms with Gasteiger partial charge in [-0.2, -0.15) is 11.8 Å². The van der Waals surface area contributed by atoms with E-state index in [1.54, 1.807) is 11.8 Å². The van der Waals surface area contributed by atoms with E-state index in [0.29, 0.717) is 13.0 Å². The Hall–Kier alpha value is -1.16. The van der Waals surface area contributed by atoms with Crippen LogP contribution in [0.5, 0.6) is 5.75 Å². The summed E-state index contributed by atoms with van der Waals surface area (Å²) >= 11 is 1.73. The van der Waals surface area contributed by atoms with Crippen LogP contribution in [-0.2, 0) is 15.3 Å². The molecule has 0 N–H and O–H groups in total. The lowest BCUT2D eigenvalue weighted by Crippen LogP contribution is -2.08. The van der Waals surface area contributed by atoms with Crippen molar-refractivity contribution in [3.05, 3.63) is 29.8 Å². The standard InChI is InChI=1S/C14H20O3S/c1-4-17-13-8-6-5-7-12(13)10-18-11(2)9-14(15)16-3/h5-8,11H,4,9-10H2,1-3H3. The zero-order valence-corrected chi connectivity index (χ0v) is 12.0. The topological polar surface area (TPSA) is 35.5 Å². The number of rotatable bonds is 7. The van der Waals surface area contributed by atoms with Crippen LogP contribution in [0, 0.1) is 0 Å². The lowest BCUT2D eigenvalue weighted by atomic mass is 10.2. The molecule has 0 aromatic heterocycles. The van der Waals surface area contributed by atoms with Gasteiger partial charge < -0.3 is 9.47 Å². The van der Waals surface area contributed by atoms with Gasteiger partial charge in [0.25, 0.3) is 0 Å². The molecule has 0 bridgehead atoms. The molecule has 0 fully saturated rings. The molecule has 0 spiro atoms. The summed E-state index contributed by atoms with van der Waals surface area (Å²) in [4.78, 5) is 11.1. The van der Waals surface area contributed by atoms with Crippen LogP contribution >= 0.6 is 11.8 Å². The van der Waals surface area contributed by atoms with Crippen molar-refractivity contribution in [3.8, 4) is 5.75 Å². The smallest absolute Gasteiger partial charge is 0.306 e. The molecule has 18 heavy (non-hydrogen) atoms. The van der Waals surface area contributed by atoms with Crippen LogP contribution in [0.1, 0.15) is 25.8 Å². The number of para-hydroxylation sites is 1. The summed E-state index contributed by atoms with van der Waals surface area (Å²) in [6.07, 6.45) is 0.442. The van der Waals surface area contributed by atoms with Crippen LogP contribution < -0.4 is 4.74 Å². The molecular formula is C14H20O3S. The van der Waals surface area contributed by atoms with Gasteiger partial charge in [0.1, 0.15) is 5.75 Å². The van der Waals surface area contributed by atoms with Crippen LogP contribution in [0.25, 0.3) is 0 Å². The Morgan fingerprint density at radius 3 is 2.78 bits per heavy atom. The molecule has 1 aromatic rings. The Balaban J connectivity index is 2.49. The first-order valence-electron chi connectivity index (χ1n) is 6.06. The van der Waals surface area contributed by atoms with E-state index in [1.165, 1.54) is 12.7 Å². The number of esters is 1. The van der Waals surface area contributed by atoms with Gasteiger partial charge in [0.15, 0.2) is 0 Å². The van der Waals surface area contributed by atoms with Crippen molar-refractivity contribution in [2.75, 3.05) is 13.7 Å². The van der Waals surface area contributed by atoms with E-state index in [0.717, 1.165) is 11.5 Å². The van der Waals surface area contributed by atoms with Crippen molar-refractivity contribution in [2.24, 2.45) is 0 Å². The van der Waals surface area contributed by atoms with Crippen molar-refractivity contribution >= 4 is 17.7 Å². The number of benzene rings is 1. The summed E-state index contributed by atoms with van der Waals surface area (Å²) < 4.78 is 10.2. The second-order valence-electron chi connectivity index (χ2n) is 3.94. The third-order valence-corrected chi connectivity index (χ3v) is 3.69. The van der Waals surface area contributed by atoms with Gasteiger partial charge in [0, 0.05) is 16.6 Å². The highest BCUT2D eigenvalue weighted by molar-refractivity contribution is 7.99. The highest BCUT2D eigenvalue weighted by Crippen LogP contribution is 2.26. The van der Waals surface area contributed by atoms with Gasteiger partial charge in [-0.1, -0.05) is 25.1 Å². The predicted octanol–water partition coefficient (Wildman–Crippen LogP) is 3.27. The molecule has 0 radical (unpaired) electrons. The van der Waals surface area contributed by atoms with Crippen LogP contribution in [0.3, 0.4) is 0 Å². The zero-order chi connectivity index (χ0) is 13.4. The van der Waals surface area contributed by atoms with Crippen LogP contribution in [0.2, 0.25) is 0 Å². The van der Waals surface area contributed by atoms with Crippen molar-refractivity contribution in [2.45, 2.75) is 31.3 Å². The second kappa shape index (κ2) is 8.03. The van der Waals surface area contributed by atoms with Crippen LogP contribution in [0.4, 0.5) is 0 Å². The number of carbonyl (C=O) groups excluding carboxylic acids is 1. The number of methoxy groups -OCH3 is 1. The van der Waals surface area contributed by atoms with E-state index in [4.69, 9.17) is 4.74 Å². The number of hydrogen-bond acceptors (Lipinski definition) is 4. The average molecular weight is 268 g/mol. The van der Waals surface area contributed by atoms with Gasteiger partial charge in [0.2, 0.25) is 0 Å². The van der Waals surface area contributed by atoms with Crippen LogP contribution in [0.15, 0.2) is 24.3 Å². The fraction of sp³-hybridized carbons (Fsp3) is 0.500.